The summed E-state index contributed by atoms with van der Waals surface area (Å²) in [4.78, 5) is 3.77. The van der Waals surface area contributed by atoms with Gasteiger partial charge in [-0.05, 0) is 32.6 Å². The lowest BCUT2D eigenvalue weighted by atomic mass is 9.92. The first-order chi connectivity index (χ1) is 23.7. The van der Waals surface area contributed by atoms with E-state index in [2.05, 4.69) is 49.6 Å². The van der Waals surface area contributed by atoms with Crippen LogP contribution < -0.4 is 4.57 Å². The fourth-order valence-corrected chi connectivity index (χ4v) is 8.02. The van der Waals surface area contributed by atoms with Crippen molar-refractivity contribution >= 4 is 0 Å². The van der Waals surface area contributed by atoms with Gasteiger partial charge in [-0.25, -0.2) is 9.55 Å². The minimum absolute atomic E-state index is 0.617. The first-order valence-corrected chi connectivity index (χ1v) is 22.8. The van der Waals surface area contributed by atoms with E-state index in [4.69, 9.17) is 0 Å². The molecule has 0 amide bonds. The third-order valence-electron chi connectivity index (χ3n) is 11.4. The molecule has 284 valence electrons. The molecule has 0 spiro atoms. The van der Waals surface area contributed by atoms with E-state index in [1.54, 1.807) is 0 Å². The number of rotatable bonds is 39. The number of nitrogens with one attached hydrogen (secondary N) is 1. The molecule has 1 N–H and O–H groups in total. The van der Waals surface area contributed by atoms with Crippen LogP contribution in [-0.2, 0) is 0 Å². The lowest BCUT2D eigenvalue weighted by molar-refractivity contribution is -0.727. The quantitative estimate of drug-likeness (QED) is 0.0531. The van der Waals surface area contributed by atoms with Gasteiger partial charge in [0.15, 0.2) is 0 Å². The number of imidazole rings is 1. The fourth-order valence-electron chi connectivity index (χ4n) is 8.02. The molecule has 0 aliphatic heterocycles. The summed E-state index contributed by atoms with van der Waals surface area (Å²) in [6, 6.07) is 0.617. The third kappa shape index (κ3) is 27.0. The molecule has 2 atom stereocenters. The monoisotopic (exact) mass is 672 g/mol. The van der Waals surface area contributed by atoms with Gasteiger partial charge in [0.25, 0.3) is 5.82 Å². The van der Waals surface area contributed by atoms with Crippen LogP contribution in [0.25, 0.3) is 0 Å². The number of aromatic amines is 1. The Kier molecular flexibility index (Phi) is 33.9. The molecule has 1 heterocycles. The maximum absolute atomic E-state index is 3.77. The minimum Gasteiger partial charge on any atom is -0.247 e. The van der Waals surface area contributed by atoms with Crippen LogP contribution in [0.4, 0.5) is 0 Å². The Hall–Kier alpha value is -0.790. The molecule has 0 saturated heterocycles. The predicted octanol–water partition coefficient (Wildman–Crippen LogP) is 16.4. The third-order valence-corrected chi connectivity index (χ3v) is 11.4. The smallest absolute Gasteiger partial charge is 0.247 e. The van der Waals surface area contributed by atoms with E-state index in [0.29, 0.717) is 12.0 Å². The average Bonchev–Trinajstić information content (AvgIpc) is 3.59. The summed E-state index contributed by atoms with van der Waals surface area (Å²) in [5.41, 5.74) is 0. The maximum atomic E-state index is 3.77. The fraction of sp³-hybridized carbons (Fsp3) is 0.935. The molecule has 0 radical (unpaired) electrons. The van der Waals surface area contributed by atoms with E-state index in [0.717, 1.165) is 0 Å². The Bertz CT molecular complexity index is 738. The topological polar surface area (TPSA) is 19.7 Å². The minimum atomic E-state index is 0.617. The summed E-state index contributed by atoms with van der Waals surface area (Å²) in [5, 5.41) is 0. The Balaban J connectivity index is 2.31. The van der Waals surface area contributed by atoms with Crippen LogP contribution in [0.5, 0.6) is 0 Å². The van der Waals surface area contributed by atoms with Gasteiger partial charge in [-0.15, -0.1) is 0 Å². The first-order valence-electron chi connectivity index (χ1n) is 22.8. The van der Waals surface area contributed by atoms with Gasteiger partial charge < -0.3 is 0 Å². The van der Waals surface area contributed by atoms with Gasteiger partial charge in [-0.3, -0.25) is 0 Å². The van der Waals surface area contributed by atoms with E-state index in [1.807, 2.05) is 0 Å². The lowest BCUT2D eigenvalue weighted by Gasteiger charge is -2.17. The highest BCUT2D eigenvalue weighted by Gasteiger charge is 2.25. The van der Waals surface area contributed by atoms with Crippen molar-refractivity contribution in [2.24, 2.45) is 0 Å². The van der Waals surface area contributed by atoms with Crippen molar-refractivity contribution in [2.45, 2.75) is 277 Å². The van der Waals surface area contributed by atoms with Crippen LogP contribution in [0.1, 0.15) is 283 Å². The van der Waals surface area contributed by atoms with E-state index >= 15 is 0 Å². The molecule has 1 aromatic rings. The largest absolute Gasteiger partial charge is 0.257 e. The van der Waals surface area contributed by atoms with Crippen LogP contribution in [0.15, 0.2) is 12.4 Å². The maximum Gasteiger partial charge on any atom is 0.257 e. The van der Waals surface area contributed by atoms with Crippen molar-refractivity contribution in [1.82, 2.24) is 4.98 Å². The number of nitrogens with zero attached hydrogens (tertiary/aromatic N) is 1. The summed E-state index contributed by atoms with van der Waals surface area (Å²) in [7, 11) is 0. The molecule has 0 bridgehead atoms. The van der Waals surface area contributed by atoms with Gasteiger partial charge in [-0.2, -0.15) is 0 Å². The van der Waals surface area contributed by atoms with Crippen molar-refractivity contribution in [2.75, 3.05) is 0 Å². The van der Waals surface area contributed by atoms with Crippen molar-refractivity contribution in [3.8, 4) is 0 Å². The van der Waals surface area contributed by atoms with Crippen LogP contribution >= 0.6 is 0 Å². The molecule has 0 aliphatic carbocycles. The van der Waals surface area contributed by atoms with Crippen LogP contribution in [0.2, 0.25) is 0 Å². The standard InChI is InChI=1S/C46H90N2/c1-5-8-11-14-17-19-21-23-24-25-26-28-31-33-36-39-44(4)48-43-42-47-46(48)45(40-37-34-30-16-13-10-7-3)41-38-35-32-29-27-22-20-18-15-12-9-6-2/h42-45H,5-41H2,1-4H3/p+1. The molecule has 48 heavy (non-hydrogen) atoms. The van der Waals surface area contributed by atoms with E-state index < -0.39 is 0 Å². The highest BCUT2D eigenvalue weighted by molar-refractivity contribution is 4.90. The molecule has 2 heteroatoms. The Morgan fingerprint density at radius 1 is 0.396 bits per heavy atom. The molecule has 2 nitrogen and oxygen atoms in total. The zero-order chi connectivity index (χ0) is 34.6. The molecule has 0 aromatic carbocycles. The summed E-state index contributed by atoms with van der Waals surface area (Å²) < 4.78 is 2.65. The molecular weight excluding hydrogens is 581 g/mol. The van der Waals surface area contributed by atoms with Crippen molar-refractivity contribution < 1.29 is 4.57 Å². The zero-order valence-electron chi connectivity index (χ0n) is 33.9. The van der Waals surface area contributed by atoms with Gasteiger partial charge >= 0.3 is 0 Å². The van der Waals surface area contributed by atoms with Crippen LogP contribution in [0, 0.1) is 0 Å². The summed E-state index contributed by atoms with van der Waals surface area (Å²) >= 11 is 0. The molecule has 0 fully saturated rings. The van der Waals surface area contributed by atoms with Crippen LogP contribution in [0.3, 0.4) is 0 Å². The van der Waals surface area contributed by atoms with E-state index in [9.17, 15) is 0 Å². The van der Waals surface area contributed by atoms with Gasteiger partial charge in [0.1, 0.15) is 12.4 Å². The number of H-pyrrole nitrogens is 1. The van der Waals surface area contributed by atoms with Gasteiger partial charge in [-0.1, -0.05) is 233 Å². The second kappa shape index (κ2) is 36.0. The van der Waals surface area contributed by atoms with Crippen molar-refractivity contribution in [3.63, 3.8) is 0 Å². The van der Waals surface area contributed by atoms with E-state index in [-0.39, 0.29) is 0 Å². The predicted molar refractivity (Wildman–Crippen MR) is 216 cm³/mol. The van der Waals surface area contributed by atoms with Gasteiger partial charge in [0, 0.05) is 0 Å². The number of unbranched alkanes of at least 4 members (excludes halogenated alkanes) is 31. The SMILES string of the molecule is CCCCCCCCCCCCCCCCCC(C)[n+]1cc[nH]c1C(CCCCCCCCC)CCCCCCCCCCCCCC. The molecule has 0 aliphatic rings. The Morgan fingerprint density at radius 3 is 0.979 bits per heavy atom. The number of hydrogen-bond acceptors (Lipinski definition) is 0. The first kappa shape index (κ1) is 45.2. The highest BCUT2D eigenvalue weighted by atomic mass is 15.1. The lowest BCUT2D eigenvalue weighted by Crippen LogP contribution is -2.41. The van der Waals surface area contributed by atoms with E-state index in [1.165, 1.54) is 243 Å². The molecule has 2 unspecified atom stereocenters. The summed E-state index contributed by atoms with van der Waals surface area (Å²) in [6.45, 7) is 9.44. The molecule has 0 saturated carbocycles. The zero-order valence-corrected chi connectivity index (χ0v) is 33.9. The number of hydrogen-bond donors (Lipinski definition) is 1. The van der Waals surface area contributed by atoms with Crippen molar-refractivity contribution in [1.29, 1.82) is 0 Å². The summed E-state index contributed by atoms with van der Waals surface area (Å²) in [6.07, 6.45) is 57.6. The second-order valence-electron chi connectivity index (χ2n) is 16.1. The Morgan fingerprint density at radius 2 is 0.667 bits per heavy atom. The second-order valence-corrected chi connectivity index (χ2v) is 16.1. The molecule has 1 aromatic heterocycles. The van der Waals surface area contributed by atoms with Crippen LogP contribution in [-0.4, -0.2) is 4.98 Å². The van der Waals surface area contributed by atoms with Crippen molar-refractivity contribution in [3.05, 3.63) is 18.2 Å². The number of aromatic nitrogens is 2. The highest BCUT2D eigenvalue weighted by Crippen LogP contribution is 2.27. The van der Waals surface area contributed by atoms with Gasteiger partial charge in [0.2, 0.25) is 0 Å². The Labute approximate surface area is 304 Å². The van der Waals surface area contributed by atoms with Gasteiger partial charge in [0.05, 0.1) is 12.0 Å². The summed E-state index contributed by atoms with van der Waals surface area (Å²) in [5.74, 6) is 2.25. The average molecular weight is 672 g/mol. The normalized spacial score (nSPS) is 13.0. The molecule has 1 rings (SSSR count). The molecular formula is C46H91N2+.